The van der Waals surface area contributed by atoms with E-state index in [1.165, 1.54) is 11.4 Å². The van der Waals surface area contributed by atoms with Crippen LogP contribution in [-0.4, -0.2) is 50.4 Å². The van der Waals surface area contributed by atoms with Gasteiger partial charge in [-0.3, -0.25) is 0 Å². The molecule has 6 nitrogen and oxygen atoms in total. The van der Waals surface area contributed by atoms with Crippen LogP contribution >= 0.6 is 0 Å². The number of ether oxygens (including phenoxy) is 2. The van der Waals surface area contributed by atoms with Crippen LogP contribution in [0.3, 0.4) is 0 Å². The SMILES string of the molecule is CCN(CC)c1ccnc(-c2[c-]cc(C)cc2OC)c1.CCN(CC)c1ccnc(-c2[c-]cc(C)cc2OC)c1.[Pt+2]. The van der Waals surface area contributed by atoms with Crippen LogP contribution in [0.5, 0.6) is 11.5 Å². The molecule has 4 rings (SSSR count). The molecule has 0 fully saturated rings. The molecule has 0 bridgehead atoms. The van der Waals surface area contributed by atoms with Crippen molar-refractivity contribution >= 4 is 11.4 Å². The summed E-state index contributed by atoms with van der Waals surface area (Å²) >= 11 is 0. The van der Waals surface area contributed by atoms with Crippen LogP contribution in [0.2, 0.25) is 0 Å². The number of benzene rings is 2. The minimum absolute atomic E-state index is 0. The van der Waals surface area contributed by atoms with E-state index in [0.717, 1.165) is 71.3 Å². The van der Waals surface area contributed by atoms with Crippen molar-refractivity contribution in [3.63, 3.8) is 0 Å². The predicted octanol–water partition coefficient (Wildman–Crippen LogP) is 7.42. The molecule has 2 aromatic heterocycles. The number of anilines is 2. The maximum Gasteiger partial charge on any atom is 2.00 e. The summed E-state index contributed by atoms with van der Waals surface area (Å²) < 4.78 is 10.9. The van der Waals surface area contributed by atoms with E-state index in [-0.39, 0.29) is 21.1 Å². The zero-order valence-corrected chi connectivity index (χ0v) is 27.8. The number of methoxy groups -OCH3 is 2. The van der Waals surface area contributed by atoms with Crippen molar-refractivity contribution in [2.75, 3.05) is 50.2 Å². The van der Waals surface area contributed by atoms with Crippen LogP contribution in [-0.2, 0) is 21.1 Å². The first-order valence-electron chi connectivity index (χ1n) is 13.9. The normalized spacial score (nSPS) is 10.1. The molecule has 0 amide bonds. The number of nitrogens with zero attached hydrogens (tertiary/aromatic N) is 4. The first-order chi connectivity index (χ1) is 19.4. The van der Waals surface area contributed by atoms with E-state index in [1.54, 1.807) is 14.2 Å². The summed E-state index contributed by atoms with van der Waals surface area (Å²) in [7, 11) is 3.36. The van der Waals surface area contributed by atoms with Crippen molar-refractivity contribution in [2.24, 2.45) is 0 Å². The van der Waals surface area contributed by atoms with Gasteiger partial charge in [-0.05, 0) is 51.2 Å². The Kier molecular flexibility index (Phi) is 13.9. The quantitative estimate of drug-likeness (QED) is 0.158. The van der Waals surface area contributed by atoms with E-state index in [4.69, 9.17) is 9.47 Å². The summed E-state index contributed by atoms with van der Waals surface area (Å²) in [6.07, 6.45) is 3.69. The fourth-order valence-corrected chi connectivity index (χ4v) is 4.56. The van der Waals surface area contributed by atoms with Crippen LogP contribution in [0.25, 0.3) is 22.5 Å². The predicted molar refractivity (Wildman–Crippen MR) is 167 cm³/mol. The van der Waals surface area contributed by atoms with Gasteiger partial charge in [0.2, 0.25) is 0 Å². The van der Waals surface area contributed by atoms with Crippen molar-refractivity contribution in [1.29, 1.82) is 0 Å². The van der Waals surface area contributed by atoms with Crippen molar-refractivity contribution < 1.29 is 30.5 Å². The molecular formula is C34H42N4O2Pt. The molecular weight excluding hydrogens is 691 g/mol. The fourth-order valence-electron chi connectivity index (χ4n) is 4.56. The van der Waals surface area contributed by atoms with Crippen LogP contribution in [0.1, 0.15) is 38.8 Å². The molecule has 7 heteroatoms. The summed E-state index contributed by atoms with van der Waals surface area (Å²) in [6.45, 7) is 16.6. The number of aryl methyl sites for hydroxylation is 2. The summed E-state index contributed by atoms with van der Waals surface area (Å²) in [6, 6.07) is 22.7. The topological polar surface area (TPSA) is 50.7 Å². The second kappa shape index (κ2) is 16.8. The van der Waals surface area contributed by atoms with Gasteiger partial charge in [-0.2, -0.15) is 0 Å². The molecule has 0 saturated heterocycles. The van der Waals surface area contributed by atoms with Crippen LogP contribution in [0.4, 0.5) is 11.4 Å². The number of hydrogen-bond donors (Lipinski definition) is 0. The smallest absolute Gasteiger partial charge is 0.540 e. The Morgan fingerprint density at radius 1 is 0.634 bits per heavy atom. The molecule has 0 unspecified atom stereocenters. The Morgan fingerprint density at radius 3 is 1.32 bits per heavy atom. The molecule has 0 aliphatic carbocycles. The van der Waals surface area contributed by atoms with Gasteiger partial charge in [0.1, 0.15) is 0 Å². The fraction of sp³-hybridized carbons (Fsp3) is 0.353. The van der Waals surface area contributed by atoms with Gasteiger partial charge in [0, 0.05) is 61.4 Å². The molecule has 0 aliphatic heterocycles. The van der Waals surface area contributed by atoms with Crippen LogP contribution in [0, 0.1) is 26.0 Å². The van der Waals surface area contributed by atoms with Crippen molar-refractivity contribution in [2.45, 2.75) is 41.5 Å². The number of aromatic nitrogens is 2. The van der Waals surface area contributed by atoms with Crippen molar-refractivity contribution in [3.05, 3.63) is 84.2 Å². The summed E-state index contributed by atoms with van der Waals surface area (Å²) in [4.78, 5) is 13.5. The zero-order chi connectivity index (χ0) is 29.1. The standard InChI is InChI=1S/2C17H21N2O.Pt/c2*1-5-19(6-2)14-9-10-18-16(12-14)15-8-7-13(3)11-17(15)20-4;/h2*7,9-12H,5-6H2,1-4H3;/q2*-1;+2. The Hall–Kier alpha value is -3.37. The second-order valence-corrected chi connectivity index (χ2v) is 9.38. The molecule has 220 valence electrons. The number of pyridine rings is 2. The van der Waals surface area contributed by atoms with E-state index in [2.05, 4.69) is 71.7 Å². The minimum Gasteiger partial charge on any atom is -0.540 e. The summed E-state index contributed by atoms with van der Waals surface area (Å²) in [5.74, 6) is 1.63. The molecule has 0 aliphatic rings. The van der Waals surface area contributed by atoms with Gasteiger partial charge in [0.05, 0.1) is 14.2 Å². The summed E-state index contributed by atoms with van der Waals surface area (Å²) in [5, 5.41) is 0. The average Bonchev–Trinajstić information content (AvgIpc) is 2.99. The monoisotopic (exact) mass is 733 g/mol. The molecule has 0 N–H and O–H groups in total. The third-order valence-electron chi connectivity index (χ3n) is 6.80. The molecule has 0 spiro atoms. The molecule has 2 aromatic carbocycles. The van der Waals surface area contributed by atoms with Gasteiger partial charge in [0.15, 0.2) is 0 Å². The van der Waals surface area contributed by atoms with Gasteiger partial charge in [-0.1, -0.05) is 37.1 Å². The van der Waals surface area contributed by atoms with Crippen molar-refractivity contribution in [3.8, 4) is 34.0 Å². The second-order valence-electron chi connectivity index (χ2n) is 9.38. The van der Waals surface area contributed by atoms with E-state index >= 15 is 0 Å². The van der Waals surface area contributed by atoms with E-state index in [0.29, 0.717) is 0 Å². The van der Waals surface area contributed by atoms with Crippen LogP contribution < -0.4 is 19.3 Å². The maximum absolute atomic E-state index is 5.45. The molecule has 2 heterocycles. The zero-order valence-electron chi connectivity index (χ0n) is 25.5. The largest absolute Gasteiger partial charge is 2.00 e. The molecule has 4 aromatic rings. The minimum atomic E-state index is 0. The van der Waals surface area contributed by atoms with Gasteiger partial charge in [-0.15, -0.1) is 47.5 Å². The van der Waals surface area contributed by atoms with E-state index in [9.17, 15) is 0 Å². The Bertz CT molecular complexity index is 1270. The van der Waals surface area contributed by atoms with E-state index < -0.39 is 0 Å². The average molecular weight is 734 g/mol. The molecule has 0 radical (unpaired) electrons. The molecule has 0 saturated carbocycles. The Labute approximate surface area is 261 Å². The molecule has 0 atom stereocenters. The van der Waals surface area contributed by atoms with Gasteiger partial charge in [0.25, 0.3) is 0 Å². The Morgan fingerprint density at radius 2 is 1.00 bits per heavy atom. The van der Waals surface area contributed by atoms with Crippen LogP contribution in [0.15, 0.2) is 60.9 Å². The first kappa shape index (κ1) is 33.8. The summed E-state index contributed by atoms with van der Waals surface area (Å²) in [5.41, 5.74) is 8.22. The van der Waals surface area contributed by atoms with Crippen molar-refractivity contribution in [1.82, 2.24) is 9.97 Å². The molecule has 41 heavy (non-hydrogen) atoms. The van der Waals surface area contributed by atoms with Gasteiger partial charge >= 0.3 is 21.1 Å². The van der Waals surface area contributed by atoms with Gasteiger partial charge < -0.3 is 29.2 Å². The first-order valence-corrected chi connectivity index (χ1v) is 13.9. The maximum atomic E-state index is 5.45. The number of hydrogen-bond acceptors (Lipinski definition) is 6. The Balaban J connectivity index is 0.000000280. The third-order valence-corrected chi connectivity index (χ3v) is 6.80. The van der Waals surface area contributed by atoms with Gasteiger partial charge in [-0.25, -0.2) is 0 Å². The van der Waals surface area contributed by atoms with E-state index in [1.807, 2.05) is 62.6 Å². The number of rotatable bonds is 10. The third kappa shape index (κ3) is 8.80.